The number of nitriles is 1. The van der Waals surface area contributed by atoms with E-state index in [0.717, 1.165) is 6.42 Å². The Morgan fingerprint density at radius 1 is 1.37 bits per heavy atom. The number of carboxylic acids is 1. The monoisotopic (exact) mass is 388 g/mol. The highest BCUT2D eigenvalue weighted by Gasteiger charge is 2.25. The molecule has 0 saturated carbocycles. The number of rotatable bonds is 7. The van der Waals surface area contributed by atoms with Gasteiger partial charge in [-0.05, 0) is 30.5 Å². The first-order valence-electron chi connectivity index (χ1n) is 8.55. The van der Waals surface area contributed by atoms with E-state index in [9.17, 15) is 20.0 Å². The summed E-state index contributed by atoms with van der Waals surface area (Å²) in [6.07, 6.45) is 2.53. The number of hydrogen-bond donors (Lipinski definition) is 1. The molecule has 2 atom stereocenters. The summed E-state index contributed by atoms with van der Waals surface area (Å²) in [6, 6.07) is 7.09. The molecule has 2 unspecified atom stereocenters. The number of hydrogen-bond acceptors (Lipinski definition) is 4. The van der Waals surface area contributed by atoms with Crippen LogP contribution in [0.5, 0.6) is 5.75 Å². The molecule has 0 fully saturated rings. The highest BCUT2D eigenvalue weighted by atomic mass is 35.5. The molecule has 0 radical (unpaired) electrons. The molecule has 2 aromatic rings. The van der Waals surface area contributed by atoms with Gasteiger partial charge >= 0.3 is 5.97 Å². The van der Waals surface area contributed by atoms with Crippen molar-refractivity contribution >= 4 is 17.6 Å². The summed E-state index contributed by atoms with van der Waals surface area (Å²) < 4.78 is 6.56. The van der Waals surface area contributed by atoms with E-state index in [-0.39, 0.29) is 5.92 Å². The van der Waals surface area contributed by atoms with Gasteiger partial charge in [0.15, 0.2) is 0 Å². The minimum atomic E-state index is -1.08. The van der Waals surface area contributed by atoms with Crippen LogP contribution in [-0.2, 0) is 4.79 Å². The summed E-state index contributed by atoms with van der Waals surface area (Å²) in [7, 11) is 1.43. The maximum atomic E-state index is 12.7. The van der Waals surface area contributed by atoms with Gasteiger partial charge in [-0.3, -0.25) is 9.36 Å². The molecule has 0 aliphatic carbocycles. The second kappa shape index (κ2) is 8.74. The fourth-order valence-electron chi connectivity index (χ4n) is 2.86. The Morgan fingerprint density at radius 2 is 2.07 bits per heavy atom. The second-order valence-corrected chi connectivity index (χ2v) is 6.84. The molecule has 1 N–H and O–H groups in total. The zero-order valence-corrected chi connectivity index (χ0v) is 16.2. The zero-order valence-electron chi connectivity index (χ0n) is 15.4. The van der Waals surface area contributed by atoms with E-state index in [4.69, 9.17) is 16.3 Å². The van der Waals surface area contributed by atoms with Crippen molar-refractivity contribution < 1.29 is 14.6 Å². The van der Waals surface area contributed by atoms with E-state index < -0.39 is 17.6 Å². The molecule has 0 spiro atoms. The molecule has 1 aromatic carbocycles. The number of benzene rings is 1. The molecule has 0 bridgehead atoms. The van der Waals surface area contributed by atoms with Gasteiger partial charge in [0, 0.05) is 22.2 Å². The van der Waals surface area contributed by atoms with Crippen molar-refractivity contribution in [3.8, 4) is 22.9 Å². The molecule has 0 saturated heterocycles. The third kappa shape index (κ3) is 4.50. The summed E-state index contributed by atoms with van der Waals surface area (Å²) in [6.45, 7) is 3.91. The Bertz CT molecular complexity index is 946. The molecule has 7 heteroatoms. The molecule has 142 valence electrons. The Morgan fingerprint density at radius 3 is 2.63 bits per heavy atom. The zero-order chi connectivity index (χ0) is 20.1. The van der Waals surface area contributed by atoms with Crippen molar-refractivity contribution in [3.63, 3.8) is 0 Å². The van der Waals surface area contributed by atoms with Crippen molar-refractivity contribution in [2.24, 2.45) is 5.92 Å². The lowest BCUT2D eigenvalue weighted by molar-refractivity contribution is -0.141. The van der Waals surface area contributed by atoms with Crippen molar-refractivity contribution in [2.45, 2.75) is 32.7 Å². The molecule has 0 amide bonds. The van der Waals surface area contributed by atoms with Gasteiger partial charge in [-0.2, -0.15) is 5.26 Å². The summed E-state index contributed by atoms with van der Waals surface area (Å²) in [5.74, 6) is -0.641. The van der Waals surface area contributed by atoms with Crippen LogP contribution in [0.15, 0.2) is 35.3 Å². The Kier molecular flexibility index (Phi) is 6.65. The van der Waals surface area contributed by atoms with Crippen LogP contribution in [0, 0.1) is 17.2 Å². The van der Waals surface area contributed by atoms with Crippen LogP contribution >= 0.6 is 11.6 Å². The first kappa shape index (κ1) is 20.5. The van der Waals surface area contributed by atoms with Gasteiger partial charge in [-0.15, -0.1) is 0 Å². The van der Waals surface area contributed by atoms with Crippen LogP contribution in [-0.4, -0.2) is 22.8 Å². The topological polar surface area (TPSA) is 92.3 Å². The lowest BCUT2D eigenvalue weighted by Gasteiger charge is -2.21. The van der Waals surface area contributed by atoms with E-state index in [1.807, 2.05) is 13.8 Å². The molecule has 1 aromatic heterocycles. The molecular weight excluding hydrogens is 368 g/mol. The largest absolute Gasteiger partial charge is 0.495 e. The molecular formula is C20H21ClN2O4. The summed E-state index contributed by atoms with van der Waals surface area (Å²) in [4.78, 5) is 24.5. The number of carbonyl (C=O) groups is 1. The number of halogens is 1. The molecule has 6 nitrogen and oxygen atoms in total. The third-order valence-corrected chi connectivity index (χ3v) is 4.83. The number of ether oxygens (including phenoxy) is 1. The van der Waals surface area contributed by atoms with Crippen molar-refractivity contribution in [2.75, 3.05) is 7.11 Å². The van der Waals surface area contributed by atoms with Crippen LogP contribution in [0.25, 0.3) is 11.1 Å². The van der Waals surface area contributed by atoms with Crippen LogP contribution in [0.3, 0.4) is 0 Å². The normalized spacial score (nSPS) is 12.9. The van der Waals surface area contributed by atoms with E-state index >= 15 is 0 Å². The highest BCUT2D eigenvalue weighted by Crippen LogP contribution is 2.33. The number of nitrogens with zero attached hydrogens (tertiary/aromatic N) is 2. The van der Waals surface area contributed by atoms with E-state index in [1.165, 1.54) is 23.9 Å². The van der Waals surface area contributed by atoms with Crippen LogP contribution in [0.4, 0.5) is 0 Å². The Labute approximate surface area is 162 Å². The van der Waals surface area contributed by atoms with Crippen molar-refractivity contribution in [1.82, 2.24) is 4.57 Å². The van der Waals surface area contributed by atoms with Gasteiger partial charge in [0.05, 0.1) is 24.9 Å². The molecule has 0 aliphatic rings. The molecule has 27 heavy (non-hydrogen) atoms. The first-order valence-corrected chi connectivity index (χ1v) is 8.93. The van der Waals surface area contributed by atoms with Gasteiger partial charge in [0.2, 0.25) is 0 Å². The number of pyridine rings is 1. The van der Waals surface area contributed by atoms with Crippen molar-refractivity contribution in [3.05, 3.63) is 51.4 Å². The first-order chi connectivity index (χ1) is 12.8. The van der Waals surface area contributed by atoms with E-state index in [0.29, 0.717) is 33.9 Å². The standard InChI is InChI=1S/C20H21ClN2O4/c1-4-12(2)7-17(20(25)26)23-11-18(27-3)16(9-19(23)24)15-8-14(21)6-5-13(15)10-22/h5-6,8-9,11-12,17H,4,7H2,1-3H3,(H,25,26). The van der Waals surface area contributed by atoms with Gasteiger partial charge in [-0.1, -0.05) is 31.9 Å². The van der Waals surface area contributed by atoms with Gasteiger partial charge in [0.1, 0.15) is 11.8 Å². The number of carboxylic acid groups (broad SMARTS) is 1. The summed E-state index contributed by atoms with van der Waals surface area (Å²) in [5.41, 5.74) is 0.708. The SMILES string of the molecule is CCC(C)CC(C(=O)O)n1cc(OC)c(-c2cc(Cl)ccc2C#N)cc1=O. The van der Waals surface area contributed by atoms with Crippen LogP contribution < -0.4 is 10.3 Å². The maximum absolute atomic E-state index is 12.7. The molecule has 2 rings (SSSR count). The Hall–Kier alpha value is -2.78. The highest BCUT2D eigenvalue weighted by molar-refractivity contribution is 6.31. The van der Waals surface area contributed by atoms with Gasteiger partial charge < -0.3 is 9.84 Å². The Balaban J connectivity index is 2.65. The van der Waals surface area contributed by atoms with E-state index in [2.05, 4.69) is 6.07 Å². The predicted octanol–water partition coefficient (Wildman–Crippen LogP) is 4.11. The number of aliphatic carboxylic acids is 1. The lowest BCUT2D eigenvalue weighted by Crippen LogP contribution is -2.30. The minimum Gasteiger partial charge on any atom is -0.495 e. The summed E-state index contributed by atoms with van der Waals surface area (Å²) >= 11 is 6.04. The molecule has 1 heterocycles. The third-order valence-electron chi connectivity index (χ3n) is 4.60. The lowest BCUT2D eigenvalue weighted by atomic mass is 9.98. The fraction of sp³-hybridized carbons (Fsp3) is 0.350. The number of aromatic nitrogens is 1. The average Bonchev–Trinajstić information content (AvgIpc) is 2.65. The van der Waals surface area contributed by atoms with E-state index in [1.54, 1.807) is 18.2 Å². The second-order valence-electron chi connectivity index (χ2n) is 6.41. The van der Waals surface area contributed by atoms with Crippen LogP contribution in [0.2, 0.25) is 5.02 Å². The maximum Gasteiger partial charge on any atom is 0.326 e. The quantitative estimate of drug-likeness (QED) is 0.770. The van der Waals surface area contributed by atoms with Gasteiger partial charge in [-0.25, -0.2) is 4.79 Å². The van der Waals surface area contributed by atoms with Crippen molar-refractivity contribution in [1.29, 1.82) is 5.26 Å². The average molecular weight is 389 g/mol. The molecule has 0 aliphatic heterocycles. The van der Waals surface area contributed by atoms with Crippen LogP contribution in [0.1, 0.15) is 38.3 Å². The van der Waals surface area contributed by atoms with Gasteiger partial charge in [0.25, 0.3) is 5.56 Å². The summed E-state index contributed by atoms with van der Waals surface area (Å²) in [5, 5.41) is 19.4. The predicted molar refractivity (Wildman–Crippen MR) is 103 cm³/mol. The smallest absolute Gasteiger partial charge is 0.326 e. The number of methoxy groups -OCH3 is 1. The minimum absolute atomic E-state index is 0.141. The fourth-order valence-corrected chi connectivity index (χ4v) is 3.04.